The normalized spacial score (nSPS) is 13.9. The Balaban J connectivity index is 3.34. The second-order valence-electron chi connectivity index (χ2n) is 2.93. The van der Waals surface area contributed by atoms with Gasteiger partial charge in [0.2, 0.25) is 0 Å². The van der Waals surface area contributed by atoms with E-state index in [1.54, 1.807) is 6.92 Å². The summed E-state index contributed by atoms with van der Waals surface area (Å²) in [6.45, 7) is 2.30. The van der Waals surface area contributed by atoms with E-state index in [4.69, 9.17) is 23.9 Å². The van der Waals surface area contributed by atoms with Crippen LogP contribution in [0.25, 0.3) is 0 Å². The Labute approximate surface area is 95.1 Å². The Morgan fingerprint density at radius 3 is 2.31 bits per heavy atom. The lowest BCUT2D eigenvalue weighted by atomic mass is 10.7. The molecule has 0 aromatic heterocycles. The molecule has 0 aliphatic rings. The highest BCUT2D eigenvalue weighted by Crippen LogP contribution is 1.94. The molecule has 0 aliphatic heterocycles. The fourth-order valence-corrected chi connectivity index (χ4v) is 1.11. The highest BCUT2D eigenvalue weighted by atomic mass is 32.2. The lowest BCUT2D eigenvalue weighted by molar-refractivity contribution is -0.136. The van der Waals surface area contributed by atoms with E-state index in [0.717, 1.165) is 0 Å². The number of rotatable bonds is 10. The molecule has 0 aliphatic carbocycles. The molecular formula is C8H18O7S. The molecule has 1 atom stereocenters. The third-order valence-corrected chi connectivity index (χ3v) is 2.19. The molecule has 7 nitrogen and oxygen atoms in total. The van der Waals surface area contributed by atoms with Gasteiger partial charge in [-0.3, -0.25) is 4.55 Å². The number of aliphatic hydroxyl groups excluding tert-OH is 1. The van der Waals surface area contributed by atoms with Crippen molar-refractivity contribution in [1.29, 1.82) is 0 Å². The lowest BCUT2D eigenvalue weighted by Gasteiger charge is -2.13. The van der Waals surface area contributed by atoms with Crippen LogP contribution < -0.4 is 0 Å². The molecule has 0 aromatic carbocycles. The van der Waals surface area contributed by atoms with Crippen LogP contribution in [-0.4, -0.2) is 63.2 Å². The summed E-state index contributed by atoms with van der Waals surface area (Å²) in [5.41, 5.74) is 0. The van der Waals surface area contributed by atoms with Gasteiger partial charge in [-0.1, -0.05) is 0 Å². The first-order valence-corrected chi connectivity index (χ1v) is 6.43. The van der Waals surface area contributed by atoms with Gasteiger partial charge in [-0.25, -0.2) is 0 Å². The van der Waals surface area contributed by atoms with E-state index in [1.807, 2.05) is 0 Å². The number of aliphatic hydroxyl groups is 1. The Bertz CT molecular complexity index is 251. The summed E-state index contributed by atoms with van der Waals surface area (Å²) in [5, 5.41) is 8.40. The van der Waals surface area contributed by atoms with E-state index in [-0.39, 0.29) is 26.4 Å². The van der Waals surface area contributed by atoms with Crippen molar-refractivity contribution in [2.45, 2.75) is 13.2 Å². The maximum atomic E-state index is 10.3. The molecular weight excluding hydrogens is 240 g/mol. The number of hydrogen-bond donors (Lipinski definition) is 2. The van der Waals surface area contributed by atoms with Gasteiger partial charge in [0.05, 0.1) is 38.8 Å². The van der Waals surface area contributed by atoms with Crippen LogP contribution in [0, 0.1) is 0 Å². The molecule has 0 saturated heterocycles. The Hall–Kier alpha value is -0.250. The fourth-order valence-electron chi connectivity index (χ4n) is 0.807. The molecule has 1 unspecified atom stereocenters. The van der Waals surface area contributed by atoms with Crippen LogP contribution in [0.2, 0.25) is 0 Å². The summed E-state index contributed by atoms with van der Waals surface area (Å²) >= 11 is 0. The first-order chi connectivity index (χ1) is 7.45. The van der Waals surface area contributed by atoms with Crippen molar-refractivity contribution in [1.82, 2.24) is 0 Å². The smallest absolute Gasteiger partial charge is 0.267 e. The van der Waals surface area contributed by atoms with Gasteiger partial charge in [0.1, 0.15) is 0 Å². The minimum atomic E-state index is -3.99. The van der Waals surface area contributed by atoms with Crippen LogP contribution in [-0.2, 0) is 24.3 Å². The molecule has 16 heavy (non-hydrogen) atoms. The van der Waals surface area contributed by atoms with Gasteiger partial charge in [0, 0.05) is 0 Å². The van der Waals surface area contributed by atoms with Crippen molar-refractivity contribution in [2.75, 3.05) is 38.8 Å². The van der Waals surface area contributed by atoms with Gasteiger partial charge >= 0.3 is 0 Å². The molecule has 2 N–H and O–H groups in total. The molecule has 0 heterocycles. The lowest BCUT2D eigenvalue weighted by Crippen LogP contribution is -2.20. The molecule has 0 fully saturated rings. The van der Waals surface area contributed by atoms with Crippen molar-refractivity contribution in [3.05, 3.63) is 0 Å². The molecule has 98 valence electrons. The molecule has 0 amide bonds. The minimum Gasteiger partial charge on any atom is -0.394 e. The highest BCUT2D eigenvalue weighted by Gasteiger charge is 2.07. The molecule has 0 saturated carbocycles. The van der Waals surface area contributed by atoms with Crippen molar-refractivity contribution < 1.29 is 32.3 Å². The van der Waals surface area contributed by atoms with Crippen LogP contribution in [0.4, 0.5) is 0 Å². The standard InChI is InChI=1S/C8H18O7S/c1-8(14-5-4-13-3-2-9)15-6-7-16(10,11)12/h8-9H,2-7H2,1H3,(H,10,11,12). The average Bonchev–Trinajstić information content (AvgIpc) is 2.15. The minimum absolute atomic E-state index is 0.0413. The molecule has 8 heteroatoms. The maximum absolute atomic E-state index is 10.3. The van der Waals surface area contributed by atoms with E-state index in [9.17, 15) is 8.42 Å². The van der Waals surface area contributed by atoms with Crippen molar-refractivity contribution >= 4 is 10.1 Å². The van der Waals surface area contributed by atoms with E-state index in [1.165, 1.54) is 0 Å². The molecule has 0 radical (unpaired) electrons. The summed E-state index contributed by atoms with van der Waals surface area (Å²) in [6, 6.07) is 0. The Morgan fingerprint density at radius 1 is 1.12 bits per heavy atom. The van der Waals surface area contributed by atoms with Crippen LogP contribution >= 0.6 is 0 Å². The van der Waals surface area contributed by atoms with Gasteiger partial charge < -0.3 is 19.3 Å². The van der Waals surface area contributed by atoms with Crippen molar-refractivity contribution in [3.8, 4) is 0 Å². The SMILES string of the molecule is CC(OCCOCCO)OCCS(=O)(=O)O. The van der Waals surface area contributed by atoms with Gasteiger partial charge in [0.15, 0.2) is 6.29 Å². The van der Waals surface area contributed by atoms with E-state index in [0.29, 0.717) is 6.61 Å². The first-order valence-electron chi connectivity index (χ1n) is 4.82. The topological polar surface area (TPSA) is 102 Å². The second kappa shape index (κ2) is 8.85. The zero-order valence-corrected chi connectivity index (χ0v) is 9.98. The van der Waals surface area contributed by atoms with Crippen LogP contribution in [0.15, 0.2) is 0 Å². The Morgan fingerprint density at radius 2 is 1.75 bits per heavy atom. The summed E-state index contributed by atoms with van der Waals surface area (Å²) in [5.74, 6) is -0.457. The monoisotopic (exact) mass is 258 g/mol. The second-order valence-corrected chi connectivity index (χ2v) is 4.50. The van der Waals surface area contributed by atoms with Crippen molar-refractivity contribution in [2.24, 2.45) is 0 Å². The van der Waals surface area contributed by atoms with E-state index >= 15 is 0 Å². The highest BCUT2D eigenvalue weighted by molar-refractivity contribution is 7.85. The predicted octanol–water partition coefficient (Wildman–Crippen LogP) is -0.738. The predicted molar refractivity (Wildman–Crippen MR) is 55.7 cm³/mol. The molecule has 0 aromatic rings. The summed E-state index contributed by atoms with van der Waals surface area (Å²) in [4.78, 5) is 0. The zero-order chi connectivity index (χ0) is 12.4. The van der Waals surface area contributed by atoms with Crippen LogP contribution in [0.3, 0.4) is 0 Å². The van der Waals surface area contributed by atoms with Crippen LogP contribution in [0.5, 0.6) is 0 Å². The Kier molecular flexibility index (Phi) is 8.71. The zero-order valence-electron chi connectivity index (χ0n) is 9.16. The third kappa shape index (κ3) is 11.8. The third-order valence-electron chi connectivity index (χ3n) is 1.51. The van der Waals surface area contributed by atoms with E-state index in [2.05, 4.69) is 0 Å². The summed E-state index contributed by atoms with van der Waals surface area (Å²) in [7, 11) is -3.99. The molecule has 0 bridgehead atoms. The maximum Gasteiger partial charge on any atom is 0.267 e. The van der Waals surface area contributed by atoms with E-state index < -0.39 is 22.2 Å². The first kappa shape index (κ1) is 15.8. The molecule has 0 spiro atoms. The largest absolute Gasteiger partial charge is 0.394 e. The van der Waals surface area contributed by atoms with Gasteiger partial charge in [-0.15, -0.1) is 0 Å². The van der Waals surface area contributed by atoms with Gasteiger partial charge in [-0.2, -0.15) is 8.42 Å². The van der Waals surface area contributed by atoms with Gasteiger partial charge in [-0.05, 0) is 6.92 Å². The number of ether oxygens (including phenoxy) is 3. The average molecular weight is 258 g/mol. The van der Waals surface area contributed by atoms with Crippen LogP contribution in [0.1, 0.15) is 6.92 Å². The number of hydrogen-bond acceptors (Lipinski definition) is 6. The fraction of sp³-hybridized carbons (Fsp3) is 1.00. The summed E-state index contributed by atoms with van der Waals surface area (Å²) < 4.78 is 44.1. The quantitative estimate of drug-likeness (QED) is 0.302. The summed E-state index contributed by atoms with van der Waals surface area (Å²) in [6.07, 6.45) is -0.570. The molecule has 0 rings (SSSR count). The van der Waals surface area contributed by atoms with Crippen molar-refractivity contribution in [3.63, 3.8) is 0 Å². The van der Waals surface area contributed by atoms with Gasteiger partial charge in [0.25, 0.3) is 10.1 Å².